The van der Waals surface area contributed by atoms with Crippen LogP contribution in [0.25, 0.3) is 0 Å². The van der Waals surface area contributed by atoms with Crippen molar-refractivity contribution in [3.63, 3.8) is 0 Å². The van der Waals surface area contributed by atoms with Crippen LogP contribution >= 0.6 is 0 Å². The van der Waals surface area contributed by atoms with Gasteiger partial charge >= 0.3 is 0 Å². The van der Waals surface area contributed by atoms with Crippen molar-refractivity contribution >= 4 is 0 Å². The second-order valence-electron chi connectivity index (χ2n) is 4.55. The molecule has 3 nitrogen and oxygen atoms in total. The van der Waals surface area contributed by atoms with Gasteiger partial charge in [0, 0.05) is 16.8 Å². The van der Waals surface area contributed by atoms with Crippen LogP contribution in [-0.4, -0.2) is 11.0 Å². The van der Waals surface area contributed by atoms with E-state index in [0.717, 1.165) is 6.42 Å². The molecular formula is C10H15NO2. The fourth-order valence-electron chi connectivity index (χ4n) is 3.02. The van der Waals surface area contributed by atoms with Crippen LogP contribution in [0, 0.1) is 33.8 Å². The van der Waals surface area contributed by atoms with Gasteiger partial charge in [-0.25, -0.2) is 0 Å². The molecule has 0 aliphatic heterocycles. The number of allylic oxidation sites excluding steroid dienone is 1. The first kappa shape index (κ1) is 8.73. The van der Waals surface area contributed by atoms with Gasteiger partial charge in [0.15, 0.2) is 0 Å². The van der Waals surface area contributed by atoms with Gasteiger partial charge in [0.2, 0.25) is 6.04 Å². The highest BCUT2D eigenvalue weighted by molar-refractivity contribution is 5.14. The van der Waals surface area contributed by atoms with E-state index in [0.29, 0.717) is 11.8 Å². The van der Waals surface area contributed by atoms with E-state index in [1.807, 2.05) is 6.08 Å². The molecule has 2 bridgehead atoms. The lowest BCUT2D eigenvalue weighted by Crippen LogP contribution is -2.35. The van der Waals surface area contributed by atoms with Crippen LogP contribution in [0.5, 0.6) is 0 Å². The molecule has 1 fully saturated rings. The number of hydrogen-bond donors (Lipinski definition) is 0. The van der Waals surface area contributed by atoms with Crippen LogP contribution in [0.15, 0.2) is 12.2 Å². The van der Waals surface area contributed by atoms with Crippen LogP contribution in [0.1, 0.15) is 20.3 Å². The first-order valence-electron chi connectivity index (χ1n) is 4.93. The summed E-state index contributed by atoms with van der Waals surface area (Å²) in [4.78, 5) is 10.8. The summed E-state index contributed by atoms with van der Waals surface area (Å²) < 4.78 is 0. The Kier molecular flexibility index (Phi) is 1.90. The molecule has 0 N–H and O–H groups in total. The molecule has 13 heavy (non-hydrogen) atoms. The molecule has 0 aromatic rings. The summed E-state index contributed by atoms with van der Waals surface area (Å²) in [6, 6.07) is -0.310. The van der Waals surface area contributed by atoms with Crippen LogP contribution in [0.4, 0.5) is 0 Å². The molecule has 0 aromatic carbocycles. The highest BCUT2D eigenvalue weighted by atomic mass is 16.6. The van der Waals surface area contributed by atoms with Crippen molar-refractivity contribution < 1.29 is 4.92 Å². The van der Waals surface area contributed by atoms with E-state index >= 15 is 0 Å². The Balaban J connectivity index is 2.25. The summed E-state index contributed by atoms with van der Waals surface area (Å²) in [5, 5.41) is 10.9. The van der Waals surface area contributed by atoms with Gasteiger partial charge in [-0.05, 0) is 18.3 Å². The highest BCUT2D eigenvalue weighted by Gasteiger charge is 2.52. The van der Waals surface area contributed by atoms with E-state index in [4.69, 9.17) is 0 Å². The SMILES string of the molecule is CC(C)C1[C@H]2C=C[C@H](C2)[C@H]1[N+](=O)[O-]. The van der Waals surface area contributed by atoms with Gasteiger partial charge in [-0.2, -0.15) is 0 Å². The minimum Gasteiger partial charge on any atom is -0.264 e. The van der Waals surface area contributed by atoms with Crippen molar-refractivity contribution in [2.75, 3.05) is 0 Å². The molecule has 0 heterocycles. The van der Waals surface area contributed by atoms with E-state index < -0.39 is 0 Å². The standard InChI is InChI=1S/C10H15NO2/c1-6(2)9-7-3-4-8(5-7)10(9)11(12)13/h3-4,6-10H,5H2,1-2H3/t7-,8+,9?,10+/m0/s1. The summed E-state index contributed by atoms with van der Waals surface area (Å²) in [5.74, 6) is 1.38. The maximum absolute atomic E-state index is 10.9. The molecule has 1 saturated carbocycles. The van der Waals surface area contributed by atoms with Crippen molar-refractivity contribution in [1.29, 1.82) is 0 Å². The summed E-state index contributed by atoms with van der Waals surface area (Å²) >= 11 is 0. The zero-order valence-corrected chi connectivity index (χ0v) is 8.01. The van der Waals surface area contributed by atoms with E-state index in [1.165, 1.54) is 0 Å². The predicted octanol–water partition coefficient (Wildman–Crippen LogP) is 2.11. The average Bonchev–Trinajstić information content (AvgIpc) is 2.60. The molecule has 2 aliphatic rings. The lowest BCUT2D eigenvalue weighted by Gasteiger charge is -2.24. The van der Waals surface area contributed by atoms with E-state index in [2.05, 4.69) is 19.9 Å². The zero-order valence-electron chi connectivity index (χ0n) is 8.01. The first-order chi connectivity index (χ1) is 6.11. The van der Waals surface area contributed by atoms with Crippen molar-refractivity contribution in [2.24, 2.45) is 23.7 Å². The minimum absolute atomic E-state index is 0.0706. The topological polar surface area (TPSA) is 43.1 Å². The molecule has 0 amide bonds. The number of fused-ring (bicyclic) bond motifs is 2. The number of hydrogen-bond acceptors (Lipinski definition) is 2. The van der Waals surface area contributed by atoms with E-state index in [-0.39, 0.29) is 22.8 Å². The third kappa shape index (κ3) is 1.18. The van der Waals surface area contributed by atoms with Gasteiger partial charge in [-0.15, -0.1) is 0 Å². The monoisotopic (exact) mass is 181 g/mol. The molecular weight excluding hydrogens is 166 g/mol. The van der Waals surface area contributed by atoms with Gasteiger partial charge in [-0.1, -0.05) is 26.0 Å². The summed E-state index contributed by atoms with van der Waals surface area (Å²) in [7, 11) is 0. The second-order valence-corrected chi connectivity index (χ2v) is 4.55. The van der Waals surface area contributed by atoms with Gasteiger partial charge < -0.3 is 0 Å². The van der Waals surface area contributed by atoms with Gasteiger partial charge in [0.05, 0.1) is 0 Å². The van der Waals surface area contributed by atoms with Crippen LogP contribution in [0.2, 0.25) is 0 Å². The maximum atomic E-state index is 10.9. The molecule has 1 unspecified atom stereocenters. The van der Waals surface area contributed by atoms with E-state index in [9.17, 15) is 10.1 Å². The van der Waals surface area contributed by atoms with Crippen LogP contribution in [-0.2, 0) is 0 Å². The quantitative estimate of drug-likeness (QED) is 0.372. The predicted molar refractivity (Wildman–Crippen MR) is 49.8 cm³/mol. The number of rotatable bonds is 2. The van der Waals surface area contributed by atoms with Crippen molar-refractivity contribution in [3.8, 4) is 0 Å². The molecule has 0 radical (unpaired) electrons. The Morgan fingerprint density at radius 1 is 1.38 bits per heavy atom. The van der Waals surface area contributed by atoms with Gasteiger partial charge in [0.25, 0.3) is 0 Å². The third-order valence-corrected chi connectivity index (χ3v) is 3.49. The Bertz CT molecular complexity index is 260. The summed E-state index contributed by atoms with van der Waals surface area (Å²) in [6.45, 7) is 4.19. The normalized spacial score (nSPS) is 41.8. The fraction of sp³-hybridized carbons (Fsp3) is 0.800. The summed E-state index contributed by atoms with van der Waals surface area (Å²) in [6.07, 6.45) is 5.22. The lowest BCUT2D eigenvalue weighted by atomic mass is 9.81. The largest absolute Gasteiger partial charge is 0.264 e. The number of nitro groups is 1. The zero-order chi connectivity index (χ0) is 9.59. The third-order valence-electron chi connectivity index (χ3n) is 3.49. The van der Waals surface area contributed by atoms with Crippen molar-refractivity contribution in [3.05, 3.63) is 22.3 Å². The van der Waals surface area contributed by atoms with Crippen molar-refractivity contribution in [2.45, 2.75) is 26.3 Å². The molecule has 4 atom stereocenters. The van der Waals surface area contributed by atoms with Gasteiger partial charge in [-0.3, -0.25) is 10.1 Å². The maximum Gasteiger partial charge on any atom is 0.222 e. The molecule has 72 valence electrons. The Labute approximate surface area is 78.0 Å². The average molecular weight is 181 g/mol. The van der Waals surface area contributed by atoms with Crippen molar-refractivity contribution in [1.82, 2.24) is 0 Å². The molecule has 3 heteroatoms. The molecule has 2 aliphatic carbocycles. The molecule has 2 rings (SSSR count). The fourth-order valence-corrected chi connectivity index (χ4v) is 3.02. The summed E-state index contributed by atoms with van der Waals surface area (Å²) in [5.41, 5.74) is 0. The Morgan fingerprint density at radius 3 is 2.46 bits per heavy atom. The smallest absolute Gasteiger partial charge is 0.222 e. The van der Waals surface area contributed by atoms with Gasteiger partial charge in [0.1, 0.15) is 0 Å². The Hall–Kier alpha value is -0.860. The Morgan fingerprint density at radius 2 is 2.00 bits per heavy atom. The van der Waals surface area contributed by atoms with Crippen LogP contribution < -0.4 is 0 Å². The van der Waals surface area contributed by atoms with Crippen LogP contribution in [0.3, 0.4) is 0 Å². The molecule has 0 aromatic heterocycles. The lowest BCUT2D eigenvalue weighted by molar-refractivity contribution is -0.537. The number of nitrogens with zero attached hydrogens (tertiary/aromatic N) is 1. The molecule has 0 spiro atoms. The van der Waals surface area contributed by atoms with E-state index in [1.54, 1.807) is 0 Å². The first-order valence-corrected chi connectivity index (χ1v) is 4.93. The highest BCUT2D eigenvalue weighted by Crippen LogP contribution is 2.47. The minimum atomic E-state index is -0.310. The second kappa shape index (κ2) is 2.82. The molecule has 0 saturated heterocycles.